The average Bonchev–Trinajstić information content (AvgIpc) is 3.05. The van der Waals surface area contributed by atoms with E-state index in [1.807, 2.05) is 0 Å². The number of halogens is 1. The number of methoxy groups -OCH3 is 1. The molecule has 0 unspecified atom stereocenters. The van der Waals surface area contributed by atoms with Crippen molar-refractivity contribution in [3.05, 3.63) is 91.5 Å². The van der Waals surface area contributed by atoms with E-state index in [0.29, 0.717) is 5.56 Å². The molecule has 0 spiro atoms. The van der Waals surface area contributed by atoms with E-state index in [-0.39, 0.29) is 59.1 Å². The molecule has 0 radical (unpaired) electrons. The fourth-order valence-corrected chi connectivity index (χ4v) is 6.91. The van der Waals surface area contributed by atoms with Gasteiger partial charge in [-0.15, -0.1) is 12.4 Å². The van der Waals surface area contributed by atoms with Crippen LogP contribution in [0.5, 0.6) is 17.2 Å². The van der Waals surface area contributed by atoms with Gasteiger partial charge in [0.1, 0.15) is 22.8 Å². The number of benzene rings is 3. The first-order valence-electron chi connectivity index (χ1n) is 15.3. The maximum absolute atomic E-state index is 13.9. The van der Waals surface area contributed by atoms with Gasteiger partial charge >= 0.3 is 0 Å². The smallest absolute Gasteiger partial charge is 0.273 e. The van der Waals surface area contributed by atoms with Crippen LogP contribution < -0.4 is 10.1 Å². The number of rotatable bonds is 8. The van der Waals surface area contributed by atoms with Gasteiger partial charge in [0.25, 0.3) is 5.69 Å². The highest BCUT2D eigenvalue weighted by molar-refractivity contribution is 6.31. The van der Waals surface area contributed by atoms with Gasteiger partial charge in [-0.1, -0.05) is 30.3 Å². The van der Waals surface area contributed by atoms with Crippen molar-refractivity contribution in [2.45, 2.75) is 75.9 Å². The van der Waals surface area contributed by atoms with Gasteiger partial charge in [-0.05, 0) is 19.9 Å². The minimum Gasteiger partial charge on any atom is -0.507 e. The highest BCUT2D eigenvalue weighted by Gasteiger charge is 2.49. The fraction of sp³-hybridized carbons (Fsp3) is 0.382. The number of carbonyl (C=O) groups is 3. The number of hydrogen-bond acceptors (Lipinski definition) is 13. The van der Waals surface area contributed by atoms with Crippen molar-refractivity contribution >= 4 is 35.4 Å². The van der Waals surface area contributed by atoms with Crippen molar-refractivity contribution in [1.29, 1.82) is 0 Å². The summed E-state index contributed by atoms with van der Waals surface area (Å²) in [5.74, 6) is -3.42. The molecule has 260 valence electrons. The van der Waals surface area contributed by atoms with Crippen LogP contribution in [-0.4, -0.2) is 79.9 Å². The van der Waals surface area contributed by atoms with Crippen molar-refractivity contribution in [3.63, 3.8) is 0 Å². The molecule has 6 atom stereocenters. The van der Waals surface area contributed by atoms with Crippen LogP contribution in [0.3, 0.4) is 0 Å². The fourth-order valence-electron chi connectivity index (χ4n) is 6.91. The lowest BCUT2D eigenvalue weighted by molar-refractivity contribution is -0.385. The van der Waals surface area contributed by atoms with Crippen LogP contribution in [0.15, 0.2) is 42.5 Å². The molecule has 49 heavy (non-hydrogen) atoms. The predicted molar refractivity (Wildman–Crippen MR) is 173 cm³/mol. The largest absolute Gasteiger partial charge is 0.507 e. The summed E-state index contributed by atoms with van der Waals surface area (Å²) in [5.41, 5.74) is -3.08. The van der Waals surface area contributed by atoms with E-state index in [1.54, 1.807) is 25.1 Å². The molecule has 2 aliphatic carbocycles. The molecule has 3 aromatic rings. The van der Waals surface area contributed by atoms with Gasteiger partial charge in [-0.3, -0.25) is 24.5 Å². The lowest BCUT2D eigenvalue weighted by atomic mass is 9.72. The molecule has 1 heterocycles. The highest BCUT2D eigenvalue weighted by Crippen LogP contribution is 2.52. The molecule has 15 heteroatoms. The molecular weight excluding hydrogens is 664 g/mol. The second kappa shape index (κ2) is 13.5. The van der Waals surface area contributed by atoms with E-state index in [9.17, 15) is 44.9 Å². The molecule has 0 saturated carbocycles. The Balaban J connectivity index is 0.00000468. The maximum atomic E-state index is 13.9. The molecule has 1 saturated heterocycles. The number of aromatic hydroxyl groups is 2. The third kappa shape index (κ3) is 6.05. The molecule has 0 aromatic heterocycles. The van der Waals surface area contributed by atoms with Crippen molar-refractivity contribution in [2.24, 2.45) is 0 Å². The van der Waals surface area contributed by atoms with Gasteiger partial charge in [0, 0.05) is 60.2 Å². The van der Waals surface area contributed by atoms with Gasteiger partial charge in [-0.2, -0.15) is 0 Å². The normalized spacial score (nSPS) is 25.8. The predicted octanol–water partition coefficient (Wildman–Crippen LogP) is 3.19. The number of carbonyl (C=O) groups excluding carboxylic acids is 3. The number of hydrogen-bond donors (Lipinski definition) is 5. The number of para-hydroxylation sites is 1. The summed E-state index contributed by atoms with van der Waals surface area (Å²) in [5, 5.41) is 60.2. The number of ether oxygens (including phenoxy) is 3. The molecular formula is C34H35ClN2O12. The second-order valence-electron chi connectivity index (χ2n) is 12.3. The first kappa shape index (κ1) is 35.9. The maximum Gasteiger partial charge on any atom is 0.273 e. The second-order valence-corrected chi connectivity index (χ2v) is 12.3. The number of phenols is 2. The van der Waals surface area contributed by atoms with Gasteiger partial charge in [0.15, 0.2) is 17.9 Å². The lowest BCUT2D eigenvalue weighted by Crippen LogP contribution is -2.54. The zero-order valence-electron chi connectivity index (χ0n) is 26.7. The molecule has 1 aliphatic heterocycles. The Bertz CT molecular complexity index is 1860. The monoisotopic (exact) mass is 698 g/mol. The van der Waals surface area contributed by atoms with Gasteiger partial charge < -0.3 is 40.0 Å². The Labute approximate surface area is 286 Å². The Morgan fingerprint density at radius 2 is 1.78 bits per heavy atom. The number of ketones is 3. The van der Waals surface area contributed by atoms with Crippen LogP contribution in [0.25, 0.3) is 0 Å². The Morgan fingerprint density at radius 1 is 1.08 bits per heavy atom. The summed E-state index contributed by atoms with van der Waals surface area (Å²) in [4.78, 5) is 51.3. The van der Waals surface area contributed by atoms with E-state index in [1.165, 1.54) is 31.4 Å². The number of aliphatic hydroxyl groups excluding tert-OH is 1. The average molecular weight is 699 g/mol. The molecule has 14 nitrogen and oxygen atoms in total. The van der Waals surface area contributed by atoms with Crippen LogP contribution in [0.1, 0.15) is 81.3 Å². The van der Waals surface area contributed by atoms with Crippen molar-refractivity contribution < 1.29 is 53.9 Å². The van der Waals surface area contributed by atoms with Crippen LogP contribution in [0.2, 0.25) is 0 Å². The summed E-state index contributed by atoms with van der Waals surface area (Å²) >= 11 is 0. The minimum atomic E-state index is -2.08. The number of phenolic OH excluding ortho intramolecular Hbond substituents is 2. The molecule has 3 aromatic carbocycles. The zero-order chi connectivity index (χ0) is 34.7. The van der Waals surface area contributed by atoms with Crippen LogP contribution in [0.4, 0.5) is 5.69 Å². The summed E-state index contributed by atoms with van der Waals surface area (Å²) in [7, 11) is 1.32. The summed E-state index contributed by atoms with van der Waals surface area (Å²) in [6.07, 6.45) is -5.18. The summed E-state index contributed by atoms with van der Waals surface area (Å²) < 4.78 is 17.5. The lowest BCUT2D eigenvalue weighted by Gasteiger charge is -2.43. The number of nitro benzene ring substituents is 1. The third-order valence-corrected chi connectivity index (χ3v) is 9.50. The molecule has 0 bridgehead atoms. The summed E-state index contributed by atoms with van der Waals surface area (Å²) in [6.45, 7) is 2.79. The Kier molecular flexibility index (Phi) is 9.85. The van der Waals surface area contributed by atoms with Crippen molar-refractivity contribution in [2.75, 3.05) is 7.11 Å². The summed E-state index contributed by atoms with van der Waals surface area (Å²) in [6, 6.07) is 9.86. The van der Waals surface area contributed by atoms with Crippen LogP contribution in [-0.2, 0) is 27.2 Å². The van der Waals surface area contributed by atoms with Gasteiger partial charge in [0.05, 0.1) is 47.0 Å². The number of Topliss-reactive ketones (excluding diaryl/α,β-unsaturated/α-hetero) is 1. The molecule has 5 N–H and O–H groups in total. The van der Waals surface area contributed by atoms with Crippen LogP contribution in [0, 0.1) is 10.1 Å². The SMILES string of the molecule is COc1cccc2c1C(=O)c1c(O)c3c(c(O)c1C2=O)C[C@@](O)(C(C)=O)C[C@@H]3O[C@H]1C[C@H](NCc2ccccc2[N+](=O)[O-])[C@H](O)[C@H](C)O1.Cl. The molecule has 3 aliphatic rings. The first-order chi connectivity index (χ1) is 22.8. The number of nitrogens with zero attached hydrogens (tertiary/aromatic N) is 1. The molecule has 1 fully saturated rings. The first-order valence-corrected chi connectivity index (χ1v) is 15.3. The van der Waals surface area contributed by atoms with E-state index in [4.69, 9.17) is 14.2 Å². The highest BCUT2D eigenvalue weighted by atomic mass is 35.5. The van der Waals surface area contributed by atoms with Crippen molar-refractivity contribution in [3.8, 4) is 17.2 Å². The molecule has 0 amide bonds. The zero-order valence-corrected chi connectivity index (χ0v) is 27.5. The van der Waals surface area contributed by atoms with Gasteiger partial charge in [0.2, 0.25) is 5.78 Å². The van der Waals surface area contributed by atoms with E-state index in [2.05, 4.69) is 5.32 Å². The van der Waals surface area contributed by atoms with E-state index >= 15 is 0 Å². The van der Waals surface area contributed by atoms with Crippen molar-refractivity contribution in [1.82, 2.24) is 5.32 Å². The standard InChI is InChI=1S/C34H34N2O12.ClH/c1-15-29(38)20(35-14-17-7-4-5-9-21(17)36(44)45)11-24(47-15)48-23-13-34(43,16(2)37)12-19-26(23)33(42)28-27(31(19)40)30(39)18-8-6-10-22(46-3)25(18)32(28)41;/h4-10,15,20,23-24,29,35,38,40,42-43H,11-14H2,1-3H3;1H/t15-,20-,23-,24-,29+,34-;/m0./s1. The number of nitrogens with one attached hydrogen (secondary N) is 1. The number of aliphatic hydroxyl groups is 2. The van der Waals surface area contributed by atoms with Crippen LogP contribution >= 0.6 is 12.4 Å². The number of fused-ring (bicyclic) bond motifs is 3. The van der Waals surface area contributed by atoms with E-state index < -0.39 is 94.0 Å². The quantitative estimate of drug-likeness (QED) is 0.102. The van der Waals surface area contributed by atoms with Gasteiger partial charge in [-0.25, -0.2) is 0 Å². The topological polar surface area (TPSA) is 215 Å². The Hall–Kier alpha value is -4.44. The van der Waals surface area contributed by atoms with E-state index in [0.717, 1.165) is 6.92 Å². The molecule has 6 rings (SSSR count). The third-order valence-electron chi connectivity index (χ3n) is 9.50. The Morgan fingerprint density at radius 3 is 2.45 bits per heavy atom. The minimum absolute atomic E-state index is 0. The number of nitro groups is 1.